The van der Waals surface area contributed by atoms with Crippen molar-refractivity contribution in [1.82, 2.24) is 9.80 Å². The van der Waals surface area contributed by atoms with Crippen molar-refractivity contribution < 1.29 is 63.1 Å². The topological polar surface area (TPSA) is 178 Å². The highest BCUT2D eigenvalue weighted by Gasteiger charge is 2.51. The molecule has 19 unspecified atom stereocenters. The van der Waals surface area contributed by atoms with Crippen molar-refractivity contribution in [3.8, 4) is 0 Å². The van der Waals surface area contributed by atoms with Gasteiger partial charge < -0.3 is 68.1 Å². The molecule has 15 nitrogen and oxygen atoms in total. The van der Waals surface area contributed by atoms with E-state index in [-0.39, 0.29) is 43.2 Å². The molecule has 58 heavy (non-hydrogen) atoms. The van der Waals surface area contributed by atoms with E-state index >= 15 is 0 Å². The summed E-state index contributed by atoms with van der Waals surface area (Å²) < 4.78 is 50.4. The molecule has 0 radical (unpaired) electrons. The van der Waals surface area contributed by atoms with Crippen LogP contribution in [0.2, 0.25) is 0 Å². The monoisotopic (exact) mass is 829 g/mol. The van der Waals surface area contributed by atoms with Gasteiger partial charge in [-0.25, -0.2) is 0 Å². The second-order valence-corrected chi connectivity index (χ2v) is 17.8. The number of rotatable bonds is 10. The molecule has 15 heteroatoms. The number of esters is 1. The lowest BCUT2D eigenvalue weighted by Gasteiger charge is -2.50. The number of carbonyl (C=O) groups is 1. The normalized spacial score (nSPS) is 45.4. The van der Waals surface area contributed by atoms with Crippen LogP contribution in [0.5, 0.6) is 0 Å². The van der Waals surface area contributed by atoms with Crippen molar-refractivity contribution in [1.29, 1.82) is 0 Å². The third-order valence-corrected chi connectivity index (χ3v) is 12.5. The number of hydrogen-bond acceptors (Lipinski definition) is 15. The summed E-state index contributed by atoms with van der Waals surface area (Å²) in [5, 5.41) is 45.1. The number of methoxy groups -OCH3 is 1. The molecule has 0 aliphatic carbocycles. The summed E-state index contributed by atoms with van der Waals surface area (Å²) in [5.74, 6) is -0.888. The van der Waals surface area contributed by atoms with E-state index in [0.717, 1.165) is 12.8 Å². The Morgan fingerprint density at radius 1 is 0.845 bits per heavy atom. The molecule has 4 N–H and O–H groups in total. The van der Waals surface area contributed by atoms with Crippen LogP contribution < -0.4 is 0 Å². The zero-order valence-electron chi connectivity index (χ0n) is 37.0. The van der Waals surface area contributed by atoms with Crippen LogP contribution in [0.3, 0.4) is 0 Å². The average molecular weight is 829 g/mol. The fourth-order valence-corrected chi connectivity index (χ4v) is 9.15. The number of allylic oxidation sites excluding steroid dienone is 2. The fourth-order valence-electron chi connectivity index (χ4n) is 9.15. The van der Waals surface area contributed by atoms with Gasteiger partial charge >= 0.3 is 5.97 Å². The maximum absolute atomic E-state index is 13.1. The van der Waals surface area contributed by atoms with Crippen LogP contribution in [0.1, 0.15) is 93.4 Å². The van der Waals surface area contributed by atoms with Crippen LogP contribution in [-0.2, 0) is 42.7 Å². The Labute approximate surface area is 346 Å². The Kier molecular flexibility index (Phi) is 18.6. The first-order valence-electron chi connectivity index (χ1n) is 21.4. The number of ether oxygens (including phenoxy) is 8. The molecule has 4 heterocycles. The number of cyclic esters (lactones) is 1. The summed E-state index contributed by atoms with van der Waals surface area (Å²) in [4.78, 5) is 17.1. The Hall–Kier alpha value is -1.57. The largest absolute Gasteiger partial charge is 0.462 e. The van der Waals surface area contributed by atoms with Crippen LogP contribution in [0.15, 0.2) is 24.3 Å². The highest BCUT2D eigenvalue weighted by Crippen LogP contribution is 2.37. The van der Waals surface area contributed by atoms with E-state index in [1.807, 2.05) is 57.1 Å². The lowest BCUT2D eigenvalue weighted by atomic mass is 9.82. The summed E-state index contributed by atoms with van der Waals surface area (Å²) in [6, 6.07) is -0.356. The Morgan fingerprint density at radius 2 is 1.53 bits per heavy atom. The first-order chi connectivity index (χ1) is 27.3. The minimum absolute atomic E-state index is 0.00438. The number of aliphatic hydroxyl groups excluding tert-OH is 3. The summed E-state index contributed by atoms with van der Waals surface area (Å²) in [6.45, 7) is 13.1. The van der Waals surface area contributed by atoms with E-state index in [4.69, 9.17) is 37.9 Å². The van der Waals surface area contributed by atoms with E-state index in [0.29, 0.717) is 25.3 Å². The Morgan fingerprint density at radius 3 is 2.14 bits per heavy atom. The van der Waals surface area contributed by atoms with Crippen molar-refractivity contribution in [3.63, 3.8) is 0 Å². The molecule has 0 spiro atoms. The molecular formula is C43H76N2O13. The highest BCUT2D eigenvalue weighted by molar-refractivity contribution is 5.70. The van der Waals surface area contributed by atoms with Gasteiger partial charge in [-0.2, -0.15) is 0 Å². The SMILES string of the molecule is CCC1CC(C)C(OC2CCC(N(C)C)C(C)O2)C=CC=CCC(C)OC(=O)CC(O)C(OC)C1OC1OC(C)C(OC2CC(C)(O)C(O)C(C)O2)C(N(C)C)C1O. The van der Waals surface area contributed by atoms with Crippen molar-refractivity contribution >= 4 is 5.97 Å². The van der Waals surface area contributed by atoms with Crippen LogP contribution in [0.25, 0.3) is 0 Å². The average Bonchev–Trinajstić information content (AvgIpc) is 3.13. The molecule has 19 atom stereocenters. The standard InChI is InChI=1S/C43H76N2O13/c1-13-29-21-24(2)32(56-34-20-19-30(44(8)9)26(4)53-34)18-16-14-15-17-25(3)52-33(47)22-31(46)40(51-12)39(29)58-42-37(48)36(45(10)11)38(27(5)55-42)57-35-23-43(7,50)41(49)28(6)54-35/h14-16,18,24-32,34-42,46,48-50H,13,17,19-23H2,1-12H3. The van der Waals surface area contributed by atoms with Gasteiger partial charge in [0.15, 0.2) is 18.9 Å². The van der Waals surface area contributed by atoms with Crippen molar-refractivity contribution in [2.75, 3.05) is 35.3 Å². The Balaban J connectivity index is 1.63. The number of hydrogen-bond donors (Lipinski definition) is 4. The number of carbonyl (C=O) groups excluding carboxylic acids is 1. The Bertz CT molecular complexity index is 1320. The zero-order valence-corrected chi connectivity index (χ0v) is 37.0. The van der Waals surface area contributed by atoms with Crippen molar-refractivity contribution in [2.45, 2.75) is 197 Å². The molecule has 4 rings (SSSR count). The summed E-state index contributed by atoms with van der Waals surface area (Å²) in [7, 11) is 9.24. The molecule has 0 aromatic heterocycles. The first kappa shape index (κ1) is 49.1. The molecule has 3 fully saturated rings. The van der Waals surface area contributed by atoms with Gasteiger partial charge in [-0.15, -0.1) is 0 Å². The molecule has 336 valence electrons. The summed E-state index contributed by atoms with van der Waals surface area (Å²) >= 11 is 0. The van der Waals surface area contributed by atoms with Crippen molar-refractivity contribution in [2.24, 2.45) is 11.8 Å². The van der Waals surface area contributed by atoms with Crippen molar-refractivity contribution in [3.05, 3.63) is 24.3 Å². The van der Waals surface area contributed by atoms with Gasteiger partial charge in [0.2, 0.25) is 0 Å². The highest BCUT2D eigenvalue weighted by atomic mass is 16.7. The number of nitrogens with zero attached hydrogens (tertiary/aromatic N) is 2. The molecule has 0 bridgehead atoms. The van der Waals surface area contributed by atoms with Gasteiger partial charge in [-0.05, 0) is 93.9 Å². The predicted octanol–water partition coefficient (Wildman–Crippen LogP) is 3.15. The molecule has 0 aromatic rings. The second kappa shape index (κ2) is 22.0. The number of aliphatic hydroxyl groups is 4. The van der Waals surface area contributed by atoms with Crippen LogP contribution in [0.4, 0.5) is 0 Å². The molecule has 3 saturated heterocycles. The third kappa shape index (κ3) is 12.7. The van der Waals surface area contributed by atoms with E-state index < -0.39 is 85.1 Å². The summed E-state index contributed by atoms with van der Waals surface area (Å²) in [6.07, 6.45) is 0.174. The zero-order chi connectivity index (χ0) is 43.1. The lowest BCUT2D eigenvalue weighted by molar-refractivity contribution is -0.344. The lowest BCUT2D eigenvalue weighted by Crippen LogP contribution is -2.65. The van der Waals surface area contributed by atoms with E-state index in [1.165, 1.54) is 7.11 Å². The van der Waals surface area contributed by atoms with Gasteiger partial charge in [0.05, 0.1) is 54.7 Å². The third-order valence-electron chi connectivity index (χ3n) is 12.5. The second-order valence-electron chi connectivity index (χ2n) is 17.8. The maximum Gasteiger partial charge on any atom is 0.308 e. The van der Waals surface area contributed by atoms with Gasteiger partial charge in [-0.3, -0.25) is 4.79 Å². The van der Waals surface area contributed by atoms with E-state index in [1.54, 1.807) is 20.8 Å². The van der Waals surface area contributed by atoms with E-state index in [9.17, 15) is 25.2 Å². The minimum Gasteiger partial charge on any atom is -0.462 e. The number of likely N-dealkylation sites (N-methyl/N-ethyl adjacent to an activating group) is 2. The molecular weight excluding hydrogens is 752 g/mol. The molecule has 0 amide bonds. The molecule has 0 aromatic carbocycles. The fraction of sp³-hybridized carbons (Fsp3) is 0.884. The van der Waals surface area contributed by atoms with Crippen LogP contribution >= 0.6 is 0 Å². The molecule has 0 saturated carbocycles. The predicted molar refractivity (Wildman–Crippen MR) is 216 cm³/mol. The van der Waals surface area contributed by atoms with Gasteiger partial charge in [-0.1, -0.05) is 44.6 Å². The van der Waals surface area contributed by atoms with E-state index in [2.05, 4.69) is 32.8 Å². The molecule has 4 aliphatic heterocycles. The maximum atomic E-state index is 13.1. The smallest absolute Gasteiger partial charge is 0.308 e. The van der Waals surface area contributed by atoms with Gasteiger partial charge in [0.1, 0.15) is 30.5 Å². The van der Waals surface area contributed by atoms with Gasteiger partial charge in [0, 0.05) is 26.0 Å². The quantitative estimate of drug-likeness (QED) is 0.236. The van der Waals surface area contributed by atoms with Gasteiger partial charge in [0.25, 0.3) is 0 Å². The first-order valence-corrected chi connectivity index (χ1v) is 21.4. The minimum atomic E-state index is -1.44. The van der Waals surface area contributed by atoms with Crippen LogP contribution in [0, 0.1) is 11.8 Å². The summed E-state index contributed by atoms with van der Waals surface area (Å²) in [5.41, 5.74) is -1.44. The molecule has 4 aliphatic rings. The van der Waals surface area contributed by atoms with Crippen LogP contribution in [-0.4, -0.2) is 175 Å².